The quantitative estimate of drug-likeness (QED) is 0.630. The van der Waals surface area contributed by atoms with Gasteiger partial charge >= 0.3 is 0 Å². The normalized spacial score (nSPS) is 24.7. The van der Waals surface area contributed by atoms with E-state index in [2.05, 4.69) is 12.2 Å². The summed E-state index contributed by atoms with van der Waals surface area (Å²) in [6.07, 6.45) is 1.03. The summed E-state index contributed by atoms with van der Waals surface area (Å²) in [7, 11) is 0. The third-order valence-electron chi connectivity index (χ3n) is 4.30. The SMILES string of the molecule is CC1CN(c2cc3c(cc2[N+](=O)[O-])NC(=O)CC3)CC1N. The van der Waals surface area contributed by atoms with Crippen molar-refractivity contribution in [3.63, 3.8) is 0 Å². The van der Waals surface area contributed by atoms with E-state index in [0.717, 1.165) is 5.56 Å². The summed E-state index contributed by atoms with van der Waals surface area (Å²) >= 11 is 0. The van der Waals surface area contributed by atoms with Crippen LogP contribution < -0.4 is 16.0 Å². The van der Waals surface area contributed by atoms with Crippen molar-refractivity contribution in [3.8, 4) is 0 Å². The third kappa shape index (κ3) is 2.44. The molecule has 0 saturated carbocycles. The van der Waals surface area contributed by atoms with Crippen LogP contribution in [0.5, 0.6) is 0 Å². The number of aryl methyl sites for hydroxylation is 1. The van der Waals surface area contributed by atoms with Crippen LogP contribution in [0.2, 0.25) is 0 Å². The maximum Gasteiger partial charge on any atom is 0.294 e. The second-order valence-electron chi connectivity index (χ2n) is 5.85. The molecule has 3 N–H and O–H groups in total. The number of hydrogen-bond acceptors (Lipinski definition) is 5. The first-order valence-corrected chi connectivity index (χ1v) is 7.07. The fourth-order valence-corrected chi connectivity index (χ4v) is 2.99. The minimum Gasteiger partial charge on any atom is -0.364 e. The molecule has 2 unspecified atom stereocenters. The van der Waals surface area contributed by atoms with Gasteiger partial charge in [0, 0.05) is 31.6 Å². The summed E-state index contributed by atoms with van der Waals surface area (Å²) in [5, 5.41) is 14.0. The van der Waals surface area contributed by atoms with Crippen LogP contribution in [0, 0.1) is 16.0 Å². The molecule has 1 amide bonds. The van der Waals surface area contributed by atoms with Crippen LogP contribution in [0.25, 0.3) is 0 Å². The maximum atomic E-state index is 11.4. The minimum atomic E-state index is -0.398. The van der Waals surface area contributed by atoms with Gasteiger partial charge in [-0.1, -0.05) is 6.92 Å². The number of hydrogen-bond donors (Lipinski definition) is 2. The average Bonchev–Trinajstić information content (AvgIpc) is 2.77. The van der Waals surface area contributed by atoms with Crippen molar-refractivity contribution >= 4 is 23.0 Å². The van der Waals surface area contributed by atoms with Gasteiger partial charge in [-0.15, -0.1) is 0 Å². The molecular formula is C14H18N4O3. The molecule has 2 heterocycles. The molecule has 0 aliphatic carbocycles. The van der Waals surface area contributed by atoms with Crippen molar-refractivity contribution in [2.75, 3.05) is 23.3 Å². The number of rotatable bonds is 2. The number of nitro benzene ring substituents is 1. The number of nitrogens with one attached hydrogen (secondary N) is 1. The maximum absolute atomic E-state index is 11.4. The number of carbonyl (C=O) groups excluding carboxylic acids is 1. The Morgan fingerprint density at radius 2 is 2.14 bits per heavy atom. The van der Waals surface area contributed by atoms with E-state index in [-0.39, 0.29) is 17.6 Å². The predicted molar refractivity (Wildman–Crippen MR) is 79.4 cm³/mol. The average molecular weight is 290 g/mol. The van der Waals surface area contributed by atoms with Crippen molar-refractivity contribution in [1.82, 2.24) is 0 Å². The largest absolute Gasteiger partial charge is 0.364 e. The van der Waals surface area contributed by atoms with Gasteiger partial charge in [0.1, 0.15) is 5.69 Å². The lowest BCUT2D eigenvalue weighted by Crippen LogP contribution is -2.29. The highest BCUT2D eigenvalue weighted by molar-refractivity contribution is 5.95. The van der Waals surface area contributed by atoms with Crippen LogP contribution in [0.4, 0.5) is 17.1 Å². The number of fused-ring (bicyclic) bond motifs is 1. The van der Waals surface area contributed by atoms with Gasteiger partial charge in [-0.2, -0.15) is 0 Å². The summed E-state index contributed by atoms with van der Waals surface area (Å²) < 4.78 is 0. The number of benzene rings is 1. The van der Waals surface area contributed by atoms with E-state index in [1.165, 1.54) is 6.07 Å². The fraction of sp³-hybridized carbons (Fsp3) is 0.500. The molecule has 112 valence electrons. The Hall–Kier alpha value is -2.15. The molecule has 0 spiro atoms. The molecule has 3 rings (SSSR count). The Morgan fingerprint density at radius 3 is 2.76 bits per heavy atom. The first-order chi connectivity index (χ1) is 9.95. The molecule has 0 radical (unpaired) electrons. The monoisotopic (exact) mass is 290 g/mol. The minimum absolute atomic E-state index is 0.0252. The summed E-state index contributed by atoms with van der Waals surface area (Å²) in [5.41, 5.74) is 8.15. The van der Waals surface area contributed by atoms with E-state index in [4.69, 9.17) is 5.73 Å². The lowest BCUT2D eigenvalue weighted by atomic mass is 10.0. The lowest BCUT2D eigenvalue weighted by Gasteiger charge is -2.22. The number of nitro groups is 1. The molecule has 21 heavy (non-hydrogen) atoms. The molecule has 7 heteroatoms. The first-order valence-electron chi connectivity index (χ1n) is 7.07. The second-order valence-corrected chi connectivity index (χ2v) is 5.85. The Bertz CT molecular complexity index is 606. The van der Waals surface area contributed by atoms with E-state index in [0.29, 0.717) is 43.2 Å². The van der Waals surface area contributed by atoms with Crippen LogP contribution in [0.3, 0.4) is 0 Å². The molecule has 1 saturated heterocycles. The van der Waals surface area contributed by atoms with Crippen LogP contribution in [-0.4, -0.2) is 30.0 Å². The van der Waals surface area contributed by atoms with Crippen molar-refractivity contribution in [2.24, 2.45) is 11.7 Å². The van der Waals surface area contributed by atoms with Gasteiger partial charge in [-0.3, -0.25) is 14.9 Å². The molecule has 0 aromatic heterocycles. The molecule has 2 aliphatic rings. The fourth-order valence-electron chi connectivity index (χ4n) is 2.99. The van der Waals surface area contributed by atoms with Crippen molar-refractivity contribution in [2.45, 2.75) is 25.8 Å². The van der Waals surface area contributed by atoms with Crippen LogP contribution >= 0.6 is 0 Å². The third-order valence-corrected chi connectivity index (χ3v) is 4.30. The van der Waals surface area contributed by atoms with Gasteiger partial charge in [0.25, 0.3) is 5.69 Å². The highest BCUT2D eigenvalue weighted by Gasteiger charge is 2.32. The molecular weight excluding hydrogens is 272 g/mol. The van der Waals surface area contributed by atoms with Crippen LogP contribution in [0.1, 0.15) is 18.9 Å². The predicted octanol–water partition coefficient (Wildman–Crippen LogP) is 1.26. The van der Waals surface area contributed by atoms with Crippen LogP contribution in [-0.2, 0) is 11.2 Å². The molecule has 1 aromatic rings. The molecule has 2 aliphatic heterocycles. The molecule has 0 bridgehead atoms. The van der Waals surface area contributed by atoms with Gasteiger partial charge in [0.05, 0.1) is 10.6 Å². The zero-order valence-electron chi connectivity index (χ0n) is 11.8. The Labute approximate surface area is 122 Å². The number of carbonyl (C=O) groups is 1. The van der Waals surface area contributed by atoms with Crippen molar-refractivity contribution in [1.29, 1.82) is 0 Å². The Morgan fingerprint density at radius 1 is 1.38 bits per heavy atom. The van der Waals surface area contributed by atoms with Crippen molar-refractivity contribution in [3.05, 3.63) is 27.8 Å². The van der Waals surface area contributed by atoms with Crippen LogP contribution in [0.15, 0.2) is 12.1 Å². The molecule has 1 fully saturated rings. The standard InChI is InChI=1S/C14H18N4O3/c1-8-6-17(7-10(8)15)12-4-9-2-3-14(19)16-11(9)5-13(12)18(20)21/h4-5,8,10H,2-3,6-7,15H2,1H3,(H,16,19). The summed E-state index contributed by atoms with van der Waals surface area (Å²) in [4.78, 5) is 24.3. The summed E-state index contributed by atoms with van der Waals surface area (Å²) in [5.74, 6) is 0.210. The Balaban J connectivity index is 2.03. The van der Waals surface area contributed by atoms with Gasteiger partial charge in [0.2, 0.25) is 5.91 Å². The lowest BCUT2D eigenvalue weighted by molar-refractivity contribution is -0.384. The highest BCUT2D eigenvalue weighted by atomic mass is 16.6. The number of amides is 1. The topological polar surface area (TPSA) is 101 Å². The number of anilines is 2. The molecule has 1 aromatic carbocycles. The highest BCUT2D eigenvalue weighted by Crippen LogP contribution is 2.38. The smallest absolute Gasteiger partial charge is 0.294 e. The van der Waals surface area contributed by atoms with E-state index in [1.54, 1.807) is 0 Å². The first kappa shape index (κ1) is 13.8. The van der Waals surface area contributed by atoms with E-state index >= 15 is 0 Å². The van der Waals surface area contributed by atoms with Gasteiger partial charge in [0.15, 0.2) is 0 Å². The number of nitrogens with zero attached hydrogens (tertiary/aromatic N) is 2. The van der Waals surface area contributed by atoms with Gasteiger partial charge in [-0.25, -0.2) is 0 Å². The van der Waals surface area contributed by atoms with E-state index in [1.807, 2.05) is 11.0 Å². The Kier molecular flexibility index (Phi) is 3.29. The van der Waals surface area contributed by atoms with Crippen molar-refractivity contribution < 1.29 is 9.72 Å². The van der Waals surface area contributed by atoms with E-state index < -0.39 is 4.92 Å². The van der Waals surface area contributed by atoms with Gasteiger partial charge in [-0.05, 0) is 24.0 Å². The summed E-state index contributed by atoms with van der Waals surface area (Å²) in [6, 6.07) is 3.33. The molecule has 2 atom stereocenters. The summed E-state index contributed by atoms with van der Waals surface area (Å²) in [6.45, 7) is 3.38. The van der Waals surface area contributed by atoms with Gasteiger partial charge < -0.3 is 16.0 Å². The zero-order chi connectivity index (χ0) is 15.1. The van der Waals surface area contributed by atoms with E-state index in [9.17, 15) is 14.9 Å². The molecule has 7 nitrogen and oxygen atoms in total. The zero-order valence-corrected chi connectivity index (χ0v) is 11.8. The second kappa shape index (κ2) is 5.00. The number of nitrogens with two attached hydrogens (primary N) is 1.